The van der Waals surface area contributed by atoms with E-state index in [1.165, 1.54) is 0 Å². The van der Waals surface area contributed by atoms with Crippen LogP contribution in [0.15, 0.2) is 18.2 Å². The van der Waals surface area contributed by atoms with Gasteiger partial charge < -0.3 is 15.3 Å². The molecule has 0 spiro atoms. The molecule has 22 heavy (non-hydrogen) atoms. The van der Waals surface area contributed by atoms with E-state index in [0.29, 0.717) is 18.5 Å². The molecule has 1 aromatic rings. The van der Waals surface area contributed by atoms with E-state index in [9.17, 15) is 9.90 Å². The lowest BCUT2D eigenvalue weighted by Gasteiger charge is -2.23. The molecule has 0 radical (unpaired) electrons. The van der Waals surface area contributed by atoms with E-state index in [0.717, 1.165) is 29.8 Å². The Morgan fingerprint density at radius 2 is 2.14 bits per heavy atom. The highest BCUT2D eigenvalue weighted by molar-refractivity contribution is 5.97. The fourth-order valence-electron chi connectivity index (χ4n) is 2.77. The summed E-state index contributed by atoms with van der Waals surface area (Å²) in [6.07, 6.45) is 0.892. The van der Waals surface area contributed by atoms with Crippen LogP contribution in [-0.2, 0) is 0 Å². The van der Waals surface area contributed by atoms with Crippen LogP contribution < -0.4 is 5.32 Å². The first-order chi connectivity index (χ1) is 10.4. The maximum Gasteiger partial charge on any atom is 0.254 e. The summed E-state index contributed by atoms with van der Waals surface area (Å²) in [5.41, 5.74) is 2.80. The molecular formula is C18H28N2O2. The second kappa shape index (κ2) is 7.14. The molecule has 1 aromatic carbocycles. The van der Waals surface area contributed by atoms with Crippen LogP contribution in [0.25, 0.3) is 0 Å². The minimum atomic E-state index is 0.0781. The van der Waals surface area contributed by atoms with Crippen molar-refractivity contribution < 1.29 is 9.90 Å². The van der Waals surface area contributed by atoms with E-state index >= 15 is 0 Å². The quantitative estimate of drug-likeness (QED) is 0.879. The van der Waals surface area contributed by atoms with Crippen molar-refractivity contribution in [1.82, 2.24) is 4.90 Å². The number of aliphatic hydroxyl groups excluding tert-OH is 1. The number of benzene rings is 1. The van der Waals surface area contributed by atoms with Gasteiger partial charge in [0.1, 0.15) is 0 Å². The van der Waals surface area contributed by atoms with Gasteiger partial charge >= 0.3 is 0 Å². The minimum Gasteiger partial charge on any atom is -0.396 e. The molecule has 2 N–H and O–H groups in total. The van der Waals surface area contributed by atoms with Crippen molar-refractivity contribution in [2.24, 2.45) is 11.8 Å². The molecule has 0 aliphatic carbocycles. The first-order valence-electron chi connectivity index (χ1n) is 8.20. The Balaban J connectivity index is 2.16. The second-order valence-corrected chi connectivity index (χ2v) is 6.74. The van der Waals surface area contributed by atoms with E-state index in [1.807, 2.05) is 30.0 Å². The molecule has 4 nitrogen and oxygen atoms in total. The molecule has 1 fully saturated rings. The van der Waals surface area contributed by atoms with E-state index in [1.54, 1.807) is 0 Å². The number of nitrogens with zero attached hydrogens (tertiary/aromatic N) is 1. The molecule has 1 aliphatic heterocycles. The smallest absolute Gasteiger partial charge is 0.254 e. The first kappa shape index (κ1) is 16.8. The van der Waals surface area contributed by atoms with E-state index in [2.05, 4.69) is 26.1 Å². The fraction of sp³-hybridized carbons (Fsp3) is 0.611. The number of carbonyl (C=O) groups is 1. The zero-order valence-electron chi connectivity index (χ0n) is 14.1. The Hall–Kier alpha value is -1.55. The highest BCUT2D eigenvalue weighted by atomic mass is 16.3. The second-order valence-electron chi connectivity index (χ2n) is 6.74. The molecule has 1 amide bonds. The normalized spacial score (nSPS) is 19.5. The summed E-state index contributed by atoms with van der Waals surface area (Å²) in [7, 11) is 0. The maximum absolute atomic E-state index is 12.7. The zero-order chi connectivity index (χ0) is 16.3. The van der Waals surface area contributed by atoms with Gasteiger partial charge in [-0.3, -0.25) is 4.79 Å². The Morgan fingerprint density at radius 1 is 1.41 bits per heavy atom. The monoisotopic (exact) mass is 304 g/mol. The molecule has 122 valence electrons. The average Bonchev–Trinajstić information content (AvgIpc) is 2.97. The van der Waals surface area contributed by atoms with Crippen molar-refractivity contribution in [3.05, 3.63) is 29.3 Å². The van der Waals surface area contributed by atoms with Crippen molar-refractivity contribution in [3.63, 3.8) is 0 Å². The highest BCUT2D eigenvalue weighted by Gasteiger charge is 2.27. The summed E-state index contributed by atoms with van der Waals surface area (Å²) in [4.78, 5) is 14.6. The van der Waals surface area contributed by atoms with Crippen LogP contribution in [0, 0.1) is 18.8 Å². The molecule has 1 saturated heterocycles. The Kier molecular flexibility index (Phi) is 5.46. The number of nitrogens with one attached hydrogen (secondary N) is 1. The fourth-order valence-corrected chi connectivity index (χ4v) is 2.77. The summed E-state index contributed by atoms with van der Waals surface area (Å²) >= 11 is 0. The van der Waals surface area contributed by atoms with Crippen molar-refractivity contribution >= 4 is 11.6 Å². The number of amides is 1. The number of likely N-dealkylation sites (tertiary alicyclic amines) is 1. The topological polar surface area (TPSA) is 52.6 Å². The van der Waals surface area contributed by atoms with Gasteiger partial charge in [-0.05, 0) is 43.9 Å². The van der Waals surface area contributed by atoms with Gasteiger partial charge in [0.15, 0.2) is 0 Å². The SMILES string of the molecule is Cc1c(NC(C)C(C)C)cccc1C(=O)N1CCC(CO)C1. The lowest BCUT2D eigenvalue weighted by atomic mass is 10.0. The predicted molar refractivity (Wildman–Crippen MR) is 90.2 cm³/mol. The molecule has 1 heterocycles. The Bertz CT molecular complexity index is 528. The average molecular weight is 304 g/mol. The third-order valence-corrected chi connectivity index (χ3v) is 4.78. The summed E-state index contributed by atoms with van der Waals surface area (Å²) in [6.45, 7) is 10.1. The number of aliphatic hydroxyl groups is 1. The zero-order valence-corrected chi connectivity index (χ0v) is 14.1. The number of hydrogen-bond donors (Lipinski definition) is 2. The minimum absolute atomic E-state index is 0.0781. The van der Waals surface area contributed by atoms with Gasteiger partial charge in [0, 0.05) is 42.9 Å². The van der Waals surface area contributed by atoms with Crippen LogP contribution in [0.1, 0.15) is 43.1 Å². The molecule has 2 atom stereocenters. The summed E-state index contributed by atoms with van der Waals surface area (Å²) in [5.74, 6) is 0.837. The standard InChI is InChI=1S/C18H28N2O2/c1-12(2)14(4)19-17-7-5-6-16(13(17)3)18(22)20-9-8-15(10-20)11-21/h5-7,12,14-15,19,21H,8-11H2,1-4H3. The molecule has 4 heteroatoms. The number of anilines is 1. The van der Waals surface area contributed by atoms with Crippen LogP contribution in [0.2, 0.25) is 0 Å². The molecule has 2 unspecified atom stereocenters. The molecule has 0 bridgehead atoms. The summed E-state index contributed by atoms with van der Waals surface area (Å²) in [6, 6.07) is 6.23. The highest BCUT2D eigenvalue weighted by Crippen LogP contribution is 2.25. The lowest BCUT2D eigenvalue weighted by molar-refractivity contribution is 0.0781. The first-order valence-corrected chi connectivity index (χ1v) is 8.20. The van der Waals surface area contributed by atoms with Crippen molar-refractivity contribution in [3.8, 4) is 0 Å². The van der Waals surface area contributed by atoms with E-state index < -0.39 is 0 Å². The molecular weight excluding hydrogens is 276 g/mol. The van der Waals surface area contributed by atoms with Crippen LogP contribution in [0.5, 0.6) is 0 Å². The van der Waals surface area contributed by atoms with Crippen LogP contribution in [0.3, 0.4) is 0 Å². The van der Waals surface area contributed by atoms with Gasteiger partial charge in [-0.2, -0.15) is 0 Å². The van der Waals surface area contributed by atoms with Gasteiger partial charge in [-0.25, -0.2) is 0 Å². The molecule has 0 saturated carbocycles. The van der Waals surface area contributed by atoms with Crippen LogP contribution >= 0.6 is 0 Å². The maximum atomic E-state index is 12.7. The van der Waals surface area contributed by atoms with Gasteiger partial charge in [-0.15, -0.1) is 0 Å². The predicted octanol–water partition coefficient (Wildman–Crippen LogP) is 2.91. The van der Waals surface area contributed by atoms with Crippen molar-refractivity contribution in [1.29, 1.82) is 0 Å². The number of rotatable bonds is 5. The summed E-state index contributed by atoms with van der Waals surface area (Å²) < 4.78 is 0. The number of hydrogen-bond acceptors (Lipinski definition) is 3. The van der Waals surface area contributed by atoms with Crippen molar-refractivity contribution in [2.75, 3.05) is 25.0 Å². The summed E-state index contributed by atoms with van der Waals surface area (Å²) in [5, 5.41) is 12.7. The third-order valence-electron chi connectivity index (χ3n) is 4.78. The van der Waals surface area contributed by atoms with E-state index in [4.69, 9.17) is 0 Å². The van der Waals surface area contributed by atoms with Crippen LogP contribution in [-0.4, -0.2) is 41.7 Å². The van der Waals surface area contributed by atoms with Gasteiger partial charge in [-0.1, -0.05) is 19.9 Å². The largest absolute Gasteiger partial charge is 0.396 e. The third kappa shape index (κ3) is 3.61. The van der Waals surface area contributed by atoms with E-state index in [-0.39, 0.29) is 18.4 Å². The molecule has 1 aliphatic rings. The number of carbonyl (C=O) groups excluding carboxylic acids is 1. The van der Waals surface area contributed by atoms with Gasteiger partial charge in [0.2, 0.25) is 0 Å². The Morgan fingerprint density at radius 3 is 2.73 bits per heavy atom. The van der Waals surface area contributed by atoms with Crippen molar-refractivity contribution in [2.45, 2.75) is 40.2 Å². The molecule has 0 aromatic heterocycles. The lowest BCUT2D eigenvalue weighted by Crippen LogP contribution is -2.30. The van der Waals surface area contributed by atoms with Gasteiger partial charge in [0.05, 0.1) is 0 Å². The molecule has 2 rings (SSSR count). The van der Waals surface area contributed by atoms with Crippen LogP contribution in [0.4, 0.5) is 5.69 Å². The van der Waals surface area contributed by atoms with Gasteiger partial charge in [0.25, 0.3) is 5.91 Å². The Labute approximate surface area is 133 Å².